The zero-order valence-corrected chi connectivity index (χ0v) is 10.2. The number of esters is 1. The van der Waals surface area contributed by atoms with Crippen molar-refractivity contribution in [2.75, 3.05) is 25.1 Å². The second kappa shape index (κ2) is 4.37. The Bertz CT molecular complexity index is 421. The number of alkyl halides is 1. The van der Waals surface area contributed by atoms with E-state index in [1.165, 1.54) is 13.3 Å². The summed E-state index contributed by atoms with van der Waals surface area (Å²) >= 11 is 3.31. The summed E-state index contributed by atoms with van der Waals surface area (Å²) in [6.45, 7) is 0.701. The first-order valence-corrected chi connectivity index (χ1v) is 5.54. The molecule has 0 amide bonds. The summed E-state index contributed by atoms with van der Waals surface area (Å²) in [4.78, 5) is 17.1. The summed E-state index contributed by atoms with van der Waals surface area (Å²) in [6, 6.07) is 1.62. The fourth-order valence-corrected chi connectivity index (χ4v) is 2.09. The van der Waals surface area contributed by atoms with Gasteiger partial charge in [0.1, 0.15) is 12.0 Å². The topological polar surface area (TPSA) is 42.4 Å². The second-order valence-electron chi connectivity index (χ2n) is 3.52. The summed E-state index contributed by atoms with van der Waals surface area (Å²) in [5.41, 5.74) is 0.371. The SMILES string of the molecule is COC(=O)c1cnc(N2CC(F)C2)c(Br)c1. The van der Waals surface area contributed by atoms with Crippen LogP contribution in [0.3, 0.4) is 0 Å². The quantitative estimate of drug-likeness (QED) is 0.778. The highest BCUT2D eigenvalue weighted by Crippen LogP contribution is 2.29. The molecule has 1 saturated heterocycles. The molecule has 0 spiro atoms. The molecule has 2 heterocycles. The van der Waals surface area contributed by atoms with Gasteiger partial charge in [0.15, 0.2) is 0 Å². The van der Waals surface area contributed by atoms with E-state index in [0.717, 1.165) is 0 Å². The van der Waals surface area contributed by atoms with E-state index in [-0.39, 0.29) is 0 Å². The molecule has 0 atom stereocenters. The second-order valence-corrected chi connectivity index (χ2v) is 4.38. The molecule has 1 aliphatic heterocycles. The summed E-state index contributed by atoms with van der Waals surface area (Å²) in [7, 11) is 1.31. The van der Waals surface area contributed by atoms with E-state index in [1.54, 1.807) is 11.0 Å². The summed E-state index contributed by atoms with van der Waals surface area (Å²) < 4.78 is 17.9. The molecule has 1 aliphatic rings. The predicted molar refractivity (Wildman–Crippen MR) is 60.4 cm³/mol. The van der Waals surface area contributed by atoms with Gasteiger partial charge in [-0.05, 0) is 22.0 Å². The molecule has 1 aromatic heterocycles. The highest BCUT2D eigenvalue weighted by atomic mass is 79.9. The van der Waals surface area contributed by atoms with Crippen LogP contribution in [0.2, 0.25) is 0 Å². The van der Waals surface area contributed by atoms with Gasteiger partial charge in [-0.25, -0.2) is 14.2 Å². The number of halogens is 2. The molecule has 16 heavy (non-hydrogen) atoms. The fourth-order valence-electron chi connectivity index (χ4n) is 1.49. The Balaban J connectivity index is 2.20. The van der Waals surface area contributed by atoms with Crippen molar-refractivity contribution in [3.8, 4) is 0 Å². The summed E-state index contributed by atoms with van der Waals surface area (Å²) in [6.07, 6.45) is 0.645. The monoisotopic (exact) mass is 288 g/mol. The molecule has 0 aliphatic carbocycles. The van der Waals surface area contributed by atoms with Gasteiger partial charge in [-0.1, -0.05) is 0 Å². The van der Waals surface area contributed by atoms with Gasteiger partial charge in [0, 0.05) is 6.20 Å². The Kier molecular flexibility index (Phi) is 3.09. The lowest BCUT2D eigenvalue weighted by Crippen LogP contribution is -2.49. The van der Waals surface area contributed by atoms with Crippen molar-refractivity contribution in [3.05, 3.63) is 22.3 Å². The van der Waals surface area contributed by atoms with Crippen molar-refractivity contribution in [1.29, 1.82) is 0 Å². The van der Waals surface area contributed by atoms with E-state index in [9.17, 15) is 9.18 Å². The predicted octanol–water partition coefficient (Wildman–Crippen LogP) is 1.79. The molecule has 0 saturated carbocycles. The zero-order valence-electron chi connectivity index (χ0n) is 8.61. The van der Waals surface area contributed by atoms with Crippen LogP contribution in [0.4, 0.5) is 10.2 Å². The molecule has 86 valence electrons. The number of ether oxygens (including phenoxy) is 1. The van der Waals surface area contributed by atoms with Gasteiger partial charge in [-0.2, -0.15) is 0 Å². The molecule has 1 fully saturated rings. The van der Waals surface area contributed by atoms with E-state index >= 15 is 0 Å². The third kappa shape index (κ3) is 2.02. The average molecular weight is 289 g/mol. The molecule has 4 nitrogen and oxygen atoms in total. The number of hydrogen-bond donors (Lipinski definition) is 0. The van der Waals surface area contributed by atoms with E-state index in [4.69, 9.17) is 0 Å². The number of pyridine rings is 1. The lowest BCUT2D eigenvalue weighted by Gasteiger charge is -2.35. The van der Waals surface area contributed by atoms with Crippen LogP contribution < -0.4 is 4.90 Å². The molecule has 0 aromatic carbocycles. The number of rotatable bonds is 2. The maximum absolute atomic E-state index is 12.7. The lowest BCUT2D eigenvalue weighted by atomic mass is 10.2. The van der Waals surface area contributed by atoms with Crippen molar-refractivity contribution in [2.24, 2.45) is 0 Å². The van der Waals surface area contributed by atoms with Gasteiger partial charge >= 0.3 is 5.97 Å². The Hall–Kier alpha value is -1.17. The summed E-state index contributed by atoms with van der Waals surface area (Å²) in [5.74, 6) is 0.216. The van der Waals surface area contributed by atoms with E-state index in [2.05, 4.69) is 25.7 Å². The Labute approximate surface area is 101 Å². The third-order valence-corrected chi connectivity index (χ3v) is 2.96. The van der Waals surface area contributed by atoms with Crippen molar-refractivity contribution >= 4 is 27.7 Å². The minimum atomic E-state index is -0.783. The van der Waals surface area contributed by atoms with Crippen LogP contribution in [0, 0.1) is 0 Å². The molecule has 0 unspecified atom stereocenters. The molecule has 0 radical (unpaired) electrons. The number of methoxy groups -OCH3 is 1. The highest BCUT2D eigenvalue weighted by molar-refractivity contribution is 9.10. The molecule has 2 rings (SSSR count). The highest BCUT2D eigenvalue weighted by Gasteiger charge is 2.28. The van der Waals surface area contributed by atoms with Crippen LogP contribution >= 0.6 is 15.9 Å². The molecular formula is C10H10BrFN2O2. The van der Waals surface area contributed by atoms with Crippen LogP contribution in [0.5, 0.6) is 0 Å². The van der Waals surface area contributed by atoms with Crippen molar-refractivity contribution < 1.29 is 13.9 Å². The van der Waals surface area contributed by atoms with Crippen LogP contribution in [-0.2, 0) is 4.74 Å². The first-order valence-electron chi connectivity index (χ1n) is 4.74. The number of aromatic nitrogens is 1. The smallest absolute Gasteiger partial charge is 0.339 e. The Morgan fingerprint density at radius 1 is 1.69 bits per heavy atom. The van der Waals surface area contributed by atoms with Crippen LogP contribution in [0.15, 0.2) is 16.7 Å². The maximum atomic E-state index is 12.7. The normalized spacial score (nSPS) is 15.8. The third-order valence-electron chi connectivity index (χ3n) is 2.38. The lowest BCUT2D eigenvalue weighted by molar-refractivity contribution is 0.0600. The van der Waals surface area contributed by atoms with Crippen molar-refractivity contribution in [2.45, 2.75) is 6.17 Å². The van der Waals surface area contributed by atoms with Gasteiger partial charge in [-0.3, -0.25) is 0 Å². The van der Waals surface area contributed by atoms with E-state index in [0.29, 0.717) is 28.9 Å². The average Bonchev–Trinajstić information content (AvgIpc) is 2.24. The first kappa shape index (κ1) is 11.3. The van der Waals surface area contributed by atoms with Gasteiger partial charge in [0.05, 0.1) is 30.2 Å². The number of carbonyl (C=O) groups excluding carboxylic acids is 1. The zero-order chi connectivity index (χ0) is 11.7. The minimum Gasteiger partial charge on any atom is -0.465 e. The van der Waals surface area contributed by atoms with Crippen LogP contribution in [-0.4, -0.2) is 37.3 Å². The Morgan fingerprint density at radius 3 is 2.88 bits per heavy atom. The van der Waals surface area contributed by atoms with Crippen LogP contribution in [0.1, 0.15) is 10.4 Å². The fraction of sp³-hybridized carbons (Fsp3) is 0.400. The van der Waals surface area contributed by atoms with Crippen molar-refractivity contribution in [3.63, 3.8) is 0 Å². The van der Waals surface area contributed by atoms with Gasteiger partial charge in [0.2, 0.25) is 0 Å². The van der Waals surface area contributed by atoms with Gasteiger partial charge in [-0.15, -0.1) is 0 Å². The van der Waals surface area contributed by atoms with Crippen molar-refractivity contribution in [1.82, 2.24) is 4.98 Å². The van der Waals surface area contributed by atoms with Gasteiger partial charge < -0.3 is 9.64 Å². The minimum absolute atomic E-state index is 0.350. The summed E-state index contributed by atoms with van der Waals surface area (Å²) in [5, 5.41) is 0. The van der Waals surface area contributed by atoms with Gasteiger partial charge in [0.25, 0.3) is 0 Å². The molecule has 0 N–H and O–H groups in total. The van der Waals surface area contributed by atoms with E-state index < -0.39 is 12.1 Å². The molecular weight excluding hydrogens is 279 g/mol. The number of anilines is 1. The first-order chi connectivity index (χ1) is 7.61. The maximum Gasteiger partial charge on any atom is 0.339 e. The number of nitrogens with zero attached hydrogens (tertiary/aromatic N) is 2. The molecule has 1 aromatic rings. The molecule has 6 heteroatoms. The standard InChI is InChI=1S/C10H10BrFN2O2/c1-16-10(15)6-2-8(11)9(13-3-6)14-4-7(12)5-14/h2-3,7H,4-5H2,1H3. The number of carbonyl (C=O) groups is 1. The number of hydrogen-bond acceptors (Lipinski definition) is 4. The van der Waals surface area contributed by atoms with Crippen LogP contribution in [0.25, 0.3) is 0 Å². The molecule has 0 bridgehead atoms. The largest absolute Gasteiger partial charge is 0.465 e. The Morgan fingerprint density at radius 2 is 2.38 bits per heavy atom. The van der Waals surface area contributed by atoms with E-state index in [1.807, 2.05) is 0 Å².